The Morgan fingerprint density at radius 1 is 1.21 bits per heavy atom. The molecule has 0 fully saturated rings. The zero-order valence-electron chi connectivity index (χ0n) is 8.52. The molecule has 0 aliphatic heterocycles. The molecule has 0 heterocycles. The molecule has 1 rings (SSSR count). The van der Waals surface area contributed by atoms with Crippen molar-refractivity contribution in [2.24, 2.45) is 0 Å². The number of carboxylic acid groups (broad SMARTS) is 2. The van der Waals surface area contributed by atoms with Crippen LogP contribution in [0.25, 0.3) is 0 Å². The SMILES string of the molecule is Nc1ccc(C(=O)O)cc1C(=O)O.[H-].[Na+]. The van der Waals surface area contributed by atoms with Gasteiger partial charge in [0.15, 0.2) is 0 Å². The summed E-state index contributed by atoms with van der Waals surface area (Å²) in [6.07, 6.45) is 0. The van der Waals surface area contributed by atoms with Gasteiger partial charge >= 0.3 is 41.5 Å². The van der Waals surface area contributed by atoms with Crippen molar-refractivity contribution in [3.05, 3.63) is 29.3 Å². The minimum Gasteiger partial charge on any atom is -1.00 e. The molecule has 0 radical (unpaired) electrons. The van der Waals surface area contributed by atoms with Crippen molar-refractivity contribution >= 4 is 17.6 Å². The van der Waals surface area contributed by atoms with Crippen LogP contribution in [-0.4, -0.2) is 22.2 Å². The molecule has 6 heteroatoms. The normalized spacial score (nSPS) is 8.86. The van der Waals surface area contributed by atoms with Crippen LogP contribution in [0.15, 0.2) is 18.2 Å². The van der Waals surface area contributed by atoms with E-state index in [2.05, 4.69) is 0 Å². The molecular weight excluding hydrogens is 197 g/mol. The molecule has 0 aliphatic rings. The summed E-state index contributed by atoms with van der Waals surface area (Å²) in [6, 6.07) is 3.54. The van der Waals surface area contributed by atoms with E-state index in [0.717, 1.165) is 6.07 Å². The summed E-state index contributed by atoms with van der Waals surface area (Å²) in [6.45, 7) is 0. The predicted molar refractivity (Wildman–Crippen MR) is 45.9 cm³/mol. The van der Waals surface area contributed by atoms with E-state index >= 15 is 0 Å². The summed E-state index contributed by atoms with van der Waals surface area (Å²) < 4.78 is 0. The Bertz CT molecular complexity index is 383. The molecule has 70 valence electrons. The van der Waals surface area contributed by atoms with E-state index in [1.54, 1.807) is 0 Å². The average Bonchev–Trinajstić information content (AvgIpc) is 2.04. The molecule has 0 saturated carbocycles. The third-order valence-electron chi connectivity index (χ3n) is 1.53. The van der Waals surface area contributed by atoms with E-state index in [1.807, 2.05) is 0 Å². The largest absolute Gasteiger partial charge is 1.00 e. The number of carboxylic acids is 2. The Kier molecular flexibility index (Phi) is 4.62. The Balaban J connectivity index is 0. The molecule has 0 amide bonds. The Morgan fingerprint density at radius 2 is 1.79 bits per heavy atom. The molecule has 1 aromatic carbocycles. The first kappa shape index (κ1) is 13.0. The van der Waals surface area contributed by atoms with Gasteiger partial charge in [-0.2, -0.15) is 0 Å². The maximum Gasteiger partial charge on any atom is 1.00 e. The molecule has 0 aliphatic carbocycles. The Hall–Kier alpha value is -1.04. The van der Waals surface area contributed by atoms with Gasteiger partial charge in [-0.05, 0) is 18.2 Å². The van der Waals surface area contributed by atoms with E-state index in [1.165, 1.54) is 12.1 Å². The first-order valence-corrected chi connectivity index (χ1v) is 3.38. The van der Waals surface area contributed by atoms with Crippen LogP contribution in [0.1, 0.15) is 22.1 Å². The van der Waals surface area contributed by atoms with Crippen LogP contribution in [0.4, 0.5) is 5.69 Å². The monoisotopic (exact) mass is 205 g/mol. The zero-order chi connectivity index (χ0) is 10.0. The second-order valence-electron chi connectivity index (χ2n) is 2.41. The molecule has 14 heavy (non-hydrogen) atoms. The van der Waals surface area contributed by atoms with Crippen LogP contribution in [0.2, 0.25) is 0 Å². The van der Waals surface area contributed by atoms with Gasteiger partial charge in [-0.25, -0.2) is 9.59 Å². The standard InChI is InChI=1S/C8H7NO4.Na.H/c9-6-2-1-4(7(10)11)3-5(6)8(12)13;;/h1-3H,9H2,(H,10,11)(H,12,13);;/q;+1;-1. The number of aromatic carboxylic acids is 2. The molecule has 0 bridgehead atoms. The Morgan fingerprint density at radius 3 is 2.21 bits per heavy atom. The zero-order valence-corrected chi connectivity index (χ0v) is 9.52. The predicted octanol–water partition coefficient (Wildman–Crippen LogP) is -2.22. The van der Waals surface area contributed by atoms with Crippen LogP contribution in [0.5, 0.6) is 0 Å². The summed E-state index contributed by atoms with van der Waals surface area (Å²) in [4.78, 5) is 21.0. The number of hydrogen-bond donors (Lipinski definition) is 3. The quantitative estimate of drug-likeness (QED) is 0.375. The van der Waals surface area contributed by atoms with Crippen molar-refractivity contribution in [3.8, 4) is 0 Å². The minimum atomic E-state index is -1.24. The summed E-state index contributed by atoms with van der Waals surface area (Å²) in [5.74, 6) is -2.41. The van der Waals surface area contributed by atoms with Crippen molar-refractivity contribution in [1.29, 1.82) is 0 Å². The topological polar surface area (TPSA) is 101 Å². The van der Waals surface area contributed by atoms with E-state index in [9.17, 15) is 9.59 Å². The van der Waals surface area contributed by atoms with Gasteiger partial charge in [0.05, 0.1) is 11.1 Å². The fourth-order valence-electron chi connectivity index (χ4n) is 0.875. The van der Waals surface area contributed by atoms with E-state index < -0.39 is 11.9 Å². The van der Waals surface area contributed by atoms with Crippen LogP contribution in [-0.2, 0) is 0 Å². The second kappa shape index (κ2) is 4.99. The fraction of sp³-hybridized carbons (Fsp3) is 0. The number of carbonyl (C=O) groups is 2. The number of anilines is 1. The van der Waals surface area contributed by atoms with Gasteiger partial charge in [-0.3, -0.25) is 0 Å². The van der Waals surface area contributed by atoms with Crippen molar-refractivity contribution < 1.29 is 50.8 Å². The van der Waals surface area contributed by atoms with Crippen molar-refractivity contribution in [2.45, 2.75) is 0 Å². The van der Waals surface area contributed by atoms with Crippen LogP contribution in [0, 0.1) is 0 Å². The van der Waals surface area contributed by atoms with Gasteiger partial charge < -0.3 is 17.4 Å². The van der Waals surface area contributed by atoms with Crippen LogP contribution < -0.4 is 35.3 Å². The second-order valence-corrected chi connectivity index (χ2v) is 2.41. The molecule has 0 unspecified atom stereocenters. The van der Waals surface area contributed by atoms with Gasteiger partial charge in [0.25, 0.3) is 0 Å². The molecule has 0 spiro atoms. The Labute approximate surface area is 103 Å². The van der Waals surface area contributed by atoms with Gasteiger partial charge in [-0.1, -0.05) is 0 Å². The van der Waals surface area contributed by atoms with Crippen molar-refractivity contribution in [2.75, 3.05) is 5.73 Å². The third kappa shape index (κ3) is 2.73. The van der Waals surface area contributed by atoms with Gasteiger partial charge in [-0.15, -0.1) is 0 Å². The van der Waals surface area contributed by atoms with E-state index in [-0.39, 0.29) is 47.8 Å². The minimum absolute atomic E-state index is 0. The maximum absolute atomic E-state index is 10.5. The molecule has 5 nitrogen and oxygen atoms in total. The van der Waals surface area contributed by atoms with E-state index in [4.69, 9.17) is 15.9 Å². The summed E-state index contributed by atoms with van der Waals surface area (Å²) in [5, 5.41) is 17.1. The summed E-state index contributed by atoms with van der Waals surface area (Å²) in [5.41, 5.74) is 5.08. The molecule has 4 N–H and O–H groups in total. The molecule has 0 atom stereocenters. The van der Waals surface area contributed by atoms with Crippen molar-refractivity contribution in [1.82, 2.24) is 0 Å². The summed E-state index contributed by atoms with van der Waals surface area (Å²) in [7, 11) is 0. The van der Waals surface area contributed by atoms with Crippen LogP contribution in [0.3, 0.4) is 0 Å². The van der Waals surface area contributed by atoms with Crippen LogP contribution >= 0.6 is 0 Å². The smallest absolute Gasteiger partial charge is 1.00 e. The fourth-order valence-corrected chi connectivity index (χ4v) is 0.875. The number of benzene rings is 1. The van der Waals surface area contributed by atoms with Gasteiger partial charge in [0, 0.05) is 5.69 Å². The number of nitrogen functional groups attached to an aromatic ring is 1. The molecular formula is C8H8NNaO4. The molecule has 1 aromatic rings. The molecule has 0 aromatic heterocycles. The first-order valence-electron chi connectivity index (χ1n) is 3.38. The van der Waals surface area contributed by atoms with Gasteiger partial charge in [0.2, 0.25) is 0 Å². The van der Waals surface area contributed by atoms with E-state index in [0.29, 0.717) is 0 Å². The first-order chi connectivity index (χ1) is 6.02. The maximum atomic E-state index is 10.5. The average molecular weight is 205 g/mol. The number of rotatable bonds is 2. The van der Waals surface area contributed by atoms with Gasteiger partial charge in [0.1, 0.15) is 0 Å². The van der Waals surface area contributed by atoms with Crippen molar-refractivity contribution in [3.63, 3.8) is 0 Å². The summed E-state index contributed by atoms with van der Waals surface area (Å²) >= 11 is 0. The third-order valence-corrected chi connectivity index (χ3v) is 1.53. The number of hydrogen-bond acceptors (Lipinski definition) is 3. The number of nitrogens with two attached hydrogens (primary N) is 1. The molecule has 0 saturated heterocycles.